The van der Waals surface area contributed by atoms with E-state index in [9.17, 15) is 17.6 Å². The van der Waals surface area contributed by atoms with E-state index in [1.165, 1.54) is 31.0 Å². The lowest BCUT2D eigenvalue weighted by Gasteiger charge is -2.28. The molecule has 46 heavy (non-hydrogen) atoms. The van der Waals surface area contributed by atoms with Crippen molar-refractivity contribution in [1.29, 1.82) is 0 Å². The molecule has 2 amide bonds. The van der Waals surface area contributed by atoms with Crippen molar-refractivity contribution < 1.29 is 26.7 Å². The van der Waals surface area contributed by atoms with Gasteiger partial charge >= 0.3 is 6.03 Å². The average Bonchev–Trinajstić information content (AvgIpc) is 3.67. The van der Waals surface area contributed by atoms with Crippen LogP contribution in [0.3, 0.4) is 0 Å². The summed E-state index contributed by atoms with van der Waals surface area (Å²) in [4.78, 5) is 16.2. The number of sulfonamides is 1. The van der Waals surface area contributed by atoms with E-state index >= 15 is 4.39 Å². The molecular formula is C31H31Cl2F2N5O4S2. The Balaban J connectivity index is 1.42. The van der Waals surface area contributed by atoms with Crippen molar-refractivity contribution >= 4 is 51.0 Å². The first-order valence-corrected chi connectivity index (χ1v) is 17.4. The zero-order chi connectivity index (χ0) is 33.2. The predicted molar refractivity (Wildman–Crippen MR) is 174 cm³/mol. The minimum Gasteiger partial charge on any atom is -0.495 e. The number of amides is 2. The molecule has 3 heterocycles. The van der Waals surface area contributed by atoms with Crippen LogP contribution < -0.4 is 14.9 Å². The molecule has 2 N–H and O–H groups in total. The van der Waals surface area contributed by atoms with Crippen LogP contribution in [0, 0.1) is 11.6 Å². The Bertz CT molecular complexity index is 1880. The Morgan fingerprint density at radius 3 is 2.46 bits per heavy atom. The Hall–Kier alpha value is -3.36. The number of nitrogens with one attached hydrogen (secondary N) is 2. The number of ether oxygens (including phenoxy) is 1. The first kappa shape index (κ1) is 34.0. The number of hydrazine groups is 1. The zero-order valence-corrected chi connectivity index (χ0v) is 28.3. The lowest BCUT2D eigenvalue weighted by molar-refractivity contribution is 0.202. The van der Waals surface area contributed by atoms with Crippen molar-refractivity contribution in [1.82, 2.24) is 24.7 Å². The van der Waals surface area contributed by atoms with E-state index in [0.29, 0.717) is 40.1 Å². The molecule has 2 aromatic heterocycles. The van der Waals surface area contributed by atoms with Crippen LogP contribution in [0.4, 0.5) is 13.6 Å². The molecule has 244 valence electrons. The minimum atomic E-state index is -4.19. The normalized spacial score (nSPS) is 14.0. The molecule has 5 rings (SSSR count). The van der Waals surface area contributed by atoms with Crippen LogP contribution in [0.25, 0.3) is 5.82 Å². The molecule has 1 aliphatic rings. The van der Waals surface area contributed by atoms with Gasteiger partial charge in [-0.25, -0.2) is 36.7 Å². The molecule has 0 radical (unpaired) electrons. The molecule has 2 aromatic carbocycles. The quantitative estimate of drug-likeness (QED) is 0.170. The highest BCUT2D eigenvalue weighted by Gasteiger charge is 2.31. The lowest BCUT2D eigenvalue weighted by Crippen LogP contribution is -2.47. The number of halogens is 4. The molecule has 1 aliphatic heterocycles. The fourth-order valence-electron chi connectivity index (χ4n) is 5.15. The van der Waals surface area contributed by atoms with E-state index < -0.39 is 33.1 Å². The van der Waals surface area contributed by atoms with Crippen molar-refractivity contribution in [3.05, 3.63) is 99.3 Å². The summed E-state index contributed by atoms with van der Waals surface area (Å²) >= 11 is 14.1. The first-order chi connectivity index (χ1) is 21.8. The number of thioether (sulfide) groups is 1. The average molecular weight is 711 g/mol. The summed E-state index contributed by atoms with van der Waals surface area (Å²) in [6.45, 7) is 5.20. The third kappa shape index (κ3) is 7.28. The lowest BCUT2D eigenvalue weighted by atomic mass is 9.81. The molecule has 0 unspecified atom stereocenters. The van der Waals surface area contributed by atoms with Crippen molar-refractivity contribution in [2.75, 3.05) is 20.2 Å². The standard InChI is InChI=1S/C31H31Cl2F2N5O4S2/c1-31(2,20-7-9-23(32)26(14-20)44-3)27-10-11-28(40(27)29-25(35)15-21(34)17-36-29)45-18-19-6-8-22(16-24(19)33)46(42,43)38-30(41)37-39-12-4-5-13-39/h6-11,14-17H,4-5,12-13,18H2,1-3H3,(H2,37,38,41). The van der Waals surface area contributed by atoms with Gasteiger partial charge in [-0.05, 0) is 60.4 Å². The van der Waals surface area contributed by atoms with E-state index in [0.717, 1.165) is 30.7 Å². The SMILES string of the molecule is COc1cc(C(C)(C)c2ccc(SCc3ccc(S(=O)(=O)NC(=O)NN4CCCC4)cc3Cl)n2-c2ncc(F)cc2F)ccc1Cl. The number of methoxy groups -OCH3 is 1. The van der Waals surface area contributed by atoms with Gasteiger partial charge in [0.2, 0.25) is 0 Å². The van der Waals surface area contributed by atoms with Crippen LogP contribution in [0.15, 0.2) is 70.7 Å². The molecule has 9 nitrogen and oxygen atoms in total. The third-order valence-electron chi connectivity index (χ3n) is 7.66. The number of urea groups is 1. The van der Waals surface area contributed by atoms with Crippen LogP contribution in [-0.4, -0.2) is 49.2 Å². The van der Waals surface area contributed by atoms with Gasteiger partial charge in [-0.2, -0.15) is 0 Å². The molecule has 4 aromatic rings. The monoisotopic (exact) mass is 709 g/mol. The fourth-order valence-corrected chi connectivity index (χ4v) is 7.69. The summed E-state index contributed by atoms with van der Waals surface area (Å²) < 4.78 is 63.8. The fraction of sp³-hybridized carbons (Fsp3) is 0.290. The molecule has 0 spiro atoms. The number of hydrogen-bond acceptors (Lipinski definition) is 7. The Kier molecular flexibility index (Phi) is 10.2. The minimum absolute atomic E-state index is 0.0938. The number of benzene rings is 2. The highest BCUT2D eigenvalue weighted by atomic mass is 35.5. The highest BCUT2D eigenvalue weighted by Crippen LogP contribution is 2.40. The maximum Gasteiger partial charge on any atom is 0.343 e. The molecule has 15 heteroatoms. The topological polar surface area (TPSA) is 106 Å². The molecular weight excluding hydrogens is 679 g/mol. The second-order valence-electron chi connectivity index (χ2n) is 11.1. The Labute approximate surface area is 280 Å². The summed E-state index contributed by atoms with van der Waals surface area (Å²) in [7, 11) is -2.67. The van der Waals surface area contributed by atoms with Crippen LogP contribution in [0.5, 0.6) is 5.75 Å². The van der Waals surface area contributed by atoms with Gasteiger partial charge in [0.05, 0.1) is 28.3 Å². The van der Waals surface area contributed by atoms with Crippen molar-refractivity contribution in [3.8, 4) is 11.6 Å². The number of nitrogens with zero attached hydrogens (tertiary/aromatic N) is 3. The van der Waals surface area contributed by atoms with Crippen molar-refractivity contribution in [2.24, 2.45) is 0 Å². The second-order valence-corrected chi connectivity index (χ2v) is 14.6. The largest absolute Gasteiger partial charge is 0.495 e. The third-order valence-corrected chi connectivity index (χ3v) is 10.7. The number of carbonyl (C=O) groups is 1. The number of rotatable bonds is 10. The van der Waals surface area contributed by atoms with Crippen LogP contribution in [0.1, 0.15) is 43.5 Å². The summed E-state index contributed by atoms with van der Waals surface area (Å²) in [6.07, 6.45) is 2.78. The Morgan fingerprint density at radius 1 is 1.04 bits per heavy atom. The maximum atomic E-state index is 15.2. The molecule has 1 fully saturated rings. The number of pyridine rings is 1. The molecule has 0 bridgehead atoms. The van der Waals surface area contributed by atoms with Gasteiger partial charge < -0.3 is 4.74 Å². The van der Waals surface area contributed by atoms with Gasteiger partial charge in [0, 0.05) is 41.0 Å². The van der Waals surface area contributed by atoms with E-state index in [4.69, 9.17) is 27.9 Å². The van der Waals surface area contributed by atoms with Crippen molar-refractivity contribution in [3.63, 3.8) is 0 Å². The molecule has 0 saturated carbocycles. The number of aromatic nitrogens is 2. The smallest absolute Gasteiger partial charge is 0.343 e. The molecule has 0 atom stereocenters. The van der Waals surface area contributed by atoms with Crippen molar-refractivity contribution in [2.45, 2.75) is 47.8 Å². The van der Waals surface area contributed by atoms with Gasteiger partial charge in [0.15, 0.2) is 11.6 Å². The van der Waals surface area contributed by atoms with E-state index in [1.54, 1.807) is 33.8 Å². The summed E-state index contributed by atoms with van der Waals surface area (Å²) in [5.41, 5.74) is 3.88. The second kappa shape index (κ2) is 13.8. The number of carbonyl (C=O) groups excluding carboxylic acids is 1. The maximum absolute atomic E-state index is 15.2. The highest BCUT2D eigenvalue weighted by molar-refractivity contribution is 7.98. The summed E-state index contributed by atoms with van der Waals surface area (Å²) in [6, 6.07) is 13.1. The Morgan fingerprint density at radius 2 is 1.78 bits per heavy atom. The van der Waals surface area contributed by atoms with E-state index in [2.05, 4.69) is 10.4 Å². The van der Waals surface area contributed by atoms with Gasteiger partial charge in [0.25, 0.3) is 10.0 Å². The molecule has 1 saturated heterocycles. The van der Waals surface area contributed by atoms with Gasteiger partial charge in [-0.3, -0.25) is 9.99 Å². The van der Waals surface area contributed by atoms with Gasteiger partial charge in [-0.1, -0.05) is 49.2 Å². The van der Waals surface area contributed by atoms with E-state index in [-0.39, 0.29) is 21.5 Å². The summed E-state index contributed by atoms with van der Waals surface area (Å²) in [5.74, 6) is -1.01. The van der Waals surface area contributed by atoms with Gasteiger partial charge in [-0.15, -0.1) is 11.8 Å². The van der Waals surface area contributed by atoms with Gasteiger partial charge in [0.1, 0.15) is 11.6 Å². The van der Waals surface area contributed by atoms with Crippen LogP contribution in [0.2, 0.25) is 10.0 Å². The zero-order valence-electron chi connectivity index (χ0n) is 25.1. The molecule has 0 aliphatic carbocycles. The van der Waals surface area contributed by atoms with Crippen LogP contribution in [-0.2, 0) is 21.2 Å². The number of hydrogen-bond donors (Lipinski definition) is 2. The van der Waals surface area contributed by atoms with E-state index in [1.807, 2.05) is 30.7 Å². The van der Waals surface area contributed by atoms with Crippen LogP contribution >= 0.6 is 35.0 Å². The summed E-state index contributed by atoms with van der Waals surface area (Å²) in [5, 5.41) is 2.83. The first-order valence-electron chi connectivity index (χ1n) is 14.2. The predicted octanol–water partition coefficient (Wildman–Crippen LogP) is 7.08.